The van der Waals surface area contributed by atoms with Crippen molar-refractivity contribution in [3.05, 3.63) is 0 Å². The first-order valence-corrected chi connectivity index (χ1v) is 1.98. The molecule has 0 radical (unpaired) electrons. The SMILES string of the molecule is O=C1C[NH2+]CN1. The third-order valence-electron chi connectivity index (χ3n) is 0.773. The first-order chi connectivity index (χ1) is 2.89. The number of quaternary nitrogens is 1. The van der Waals surface area contributed by atoms with E-state index in [1.165, 1.54) is 0 Å². The average molecular weight is 87.1 g/mol. The van der Waals surface area contributed by atoms with Crippen molar-refractivity contribution in [3.8, 4) is 0 Å². The van der Waals surface area contributed by atoms with E-state index in [2.05, 4.69) is 5.32 Å². The van der Waals surface area contributed by atoms with E-state index in [0.717, 1.165) is 6.67 Å². The van der Waals surface area contributed by atoms with Crippen LogP contribution < -0.4 is 10.6 Å². The summed E-state index contributed by atoms with van der Waals surface area (Å²) in [6.45, 7) is 1.37. The zero-order valence-corrected chi connectivity index (χ0v) is 3.40. The standard InChI is InChI=1S/C3H6N2O/c6-3-1-4-2-5-3/h4H,1-2H2,(H,5,6)/p+1. The number of rotatable bonds is 0. The Balaban J connectivity index is 2.37. The van der Waals surface area contributed by atoms with Crippen LogP contribution in [0.1, 0.15) is 0 Å². The summed E-state index contributed by atoms with van der Waals surface area (Å²) in [5.41, 5.74) is 0. The van der Waals surface area contributed by atoms with Gasteiger partial charge >= 0.3 is 0 Å². The molecular weight excluding hydrogens is 80.0 g/mol. The van der Waals surface area contributed by atoms with Gasteiger partial charge in [-0.25, -0.2) is 0 Å². The smallest absolute Gasteiger partial charge is 0.279 e. The van der Waals surface area contributed by atoms with Gasteiger partial charge in [0.2, 0.25) is 0 Å². The fourth-order valence-electron chi connectivity index (χ4n) is 0.461. The van der Waals surface area contributed by atoms with Crippen LogP contribution in [0.25, 0.3) is 0 Å². The second-order valence-corrected chi connectivity index (χ2v) is 1.30. The van der Waals surface area contributed by atoms with Crippen LogP contribution in [0.3, 0.4) is 0 Å². The first kappa shape index (κ1) is 3.61. The highest BCUT2D eigenvalue weighted by molar-refractivity contribution is 5.77. The summed E-state index contributed by atoms with van der Waals surface area (Å²) in [5.74, 6) is 0.148. The molecule has 1 fully saturated rings. The van der Waals surface area contributed by atoms with Crippen LogP contribution in [-0.4, -0.2) is 19.1 Å². The normalized spacial score (nSPS) is 21.0. The zero-order valence-electron chi connectivity index (χ0n) is 3.40. The van der Waals surface area contributed by atoms with E-state index in [1.54, 1.807) is 0 Å². The topological polar surface area (TPSA) is 45.7 Å². The number of hydrogen-bond acceptors (Lipinski definition) is 1. The van der Waals surface area contributed by atoms with Gasteiger partial charge in [0.05, 0.1) is 0 Å². The van der Waals surface area contributed by atoms with Gasteiger partial charge in [0, 0.05) is 0 Å². The fourth-order valence-corrected chi connectivity index (χ4v) is 0.461. The molecule has 1 aliphatic heterocycles. The Hall–Kier alpha value is -0.570. The predicted octanol–water partition coefficient (Wildman–Crippen LogP) is -2.36. The molecule has 0 bridgehead atoms. The quantitative estimate of drug-likeness (QED) is 0.341. The van der Waals surface area contributed by atoms with Crippen LogP contribution in [0, 0.1) is 0 Å². The van der Waals surface area contributed by atoms with Crippen molar-refractivity contribution in [3.63, 3.8) is 0 Å². The van der Waals surface area contributed by atoms with Crippen LogP contribution in [-0.2, 0) is 4.79 Å². The third-order valence-corrected chi connectivity index (χ3v) is 0.773. The molecule has 1 rings (SSSR count). The number of amides is 1. The second kappa shape index (κ2) is 1.26. The molecule has 0 aromatic heterocycles. The molecule has 34 valence electrons. The van der Waals surface area contributed by atoms with Gasteiger partial charge in [-0.2, -0.15) is 0 Å². The van der Waals surface area contributed by atoms with Gasteiger partial charge in [-0.05, 0) is 0 Å². The third kappa shape index (κ3) is 0.490. The molecule has 3 nitrogen and oxygen atoms in total. The molecular formula is C3H7N2O+. The van der Waals surface area contributed by atoms with Crippen LogP contribution in [0.2, 0.25) is 0 Å². The Morgan fingerprint density at radius 1 is 1.83 bits per heavy atom. The number of nitrogens with one attached hydrogen (secondary N) is 1. The zero-order chi connectivity index (χ0) is 4.41. The molecule has 1 amide bonds. The number of carbonyl (C=O) groups excluding carboxylic acids is 1. The first-order valence-electron chi connectivity index (χ1n) is 1.98. The van der Waals surface area contributed by atoms with E-state index in [1.807, 2.05) is 5.32 Å². The number of carbonyl (C=O) groups is 1. The lowest BCUT2D eigenvalue weighted by Crippen LogP contribution is -2.82. The molecule has 0 unspecified atom stereocenters. The van der Waals surface area contributed by atoms with Crippen LogP contribution in [0.4, 0.5) is 0 Å². The molecule has 6 heavy (non-hydrogen) atoms. The highest BCUT2D eigenvalue weighted by atomic mass is 16.2. The summed E-state index contributed by atoms with van der Waals surface area (Å²) in [7, 11) is 0. The van der Waals surface area contributed by atoms with Crippen LogP contribution in [0.5, 0.6) is 0 Å². The van der Waals surface area contributed by atoms with Crippen LogP contribution in [0.15, 0.2) is 0 Å². The van der Waals surface area contributed by atoms with Crippen molar-refractivity contribution in [2.24, 2.45) is 0 Å². The van der Waals surface area contributed by atoms with E-state index in [-0.39, 0.29) is 5.91 Å². The Morgan fingerprint density at radius 3 is 2.83 bits per heavy atom. The lowest BCUT2D eigenvalue weighted by molar-refractivity contribution is -0.633. The van der Waals surface area contributed by atoms with Gasteiger partial charge < -0.3 is 10.6 Å². The van der Waals surface area contributed by atoms with E-state index in [9.17, 15) is 4.79 Å². The molecule has 1 heterocycles. The van der Waals surface area contributed by atoms with E-state index in [4.69, 9.17) is 0 Å². The van der Waals surface area contributed by atoms with Crippen molar-refractivity contribution in [2.75, 3.05) is 13.2 Å². The minimum absolute atomic E-state index is 0.148. The highest BCUT2D eigenvalue weighted by Crippen LogP contribution is 1.56. The highest BCUT2D eigenvalue weighted by Gasteiger charge is 2.08. The predicted molar refractivity (Wildman–Crippen MR) is 19.8 cm³/mol. The van der Waals surface area contributed by atoms with Crippen molar-refractivity contribution in [1.82, 2.24) is 5.32 Å². The van der Waals surface area contributed by atoms with Gasteiger partial charge in [-0.1, -0.05) is 0 Å². The summed E-state index contributed by atoms with van der Waals surface area (Å²) >= 11 is 0. The van der Waals surface area contributed by atoms with E-state index < -0.39 is 0 Å². The molecule has 3 N–H and O–H groups in total. The Labute approximate surface area is 35.7 Å². The van der Waals surface area contributed by atoms with Crippen molar-refractivity contribution in [2.45, 2.75) is 0 Å². The van der Waals surface area contributed by atoms with E-state index >= 15 is 0 Å². The lowest BCUT2D eigenvalue weighted by atomic mass is 10.7. The Bertz CT molecular complexity index is 63.2. The molecule has 0 spiro atoms. The van der Waals surface area contributed by atoms with Gasteiger partial charge in [-0.15, -0.1) is 0 Å². The fraction of sp³-hybridized carbons (Fsp3) is 0.667. The molecule has 0 saturated carbocycles. The minimum atomic E-state index is 0.148. The summed E-state index contributed by atoms with van der Waals surface area (Å²) in [6, 6.07) is 0. The molecule has 0 aromatic carbocycles. The van der Waals surface area contributed by atoms with Crippen molar-refractivity contribution < 1.29 is 10.1 Å². The summed E-state index contributed by atoms with van der Waals surface area (Å²) in [6.07, 6.45) is 0. The maximum absolute atomic E-state index is 10.1. The Morgan fingerprint density at radius 2 is 2.67 bits per heavy atom. The van der Waals surface area contributed by atoms with Gasteiger partial charge in [0.15, 0.2) is 13.2 Å². The molecule has 0 aliphatic carbocycles. The monoisotopic (exact) mass is 87.1 g/mol. The summed E-state index contributed by atoms with van der Waals surface area (Å²) in [5, 5.41) is 4.54. The van der Waals surface area contributed by atoms with E-state index in [0.29, 0.717) is 6.54 Å². The molecule has 3 heteroatoms. The molecule has 0 aromatic rings. The number of hydrogen-bond donors (Lipinski definition) is 2. The molecule has 1 saturated heterocycles. The minimum Gasteiger partial charge on any atom is -0.321 e. The lowest BCUT2D eigenvalue weighted by Gasteiger charge is -1.74. The van der Waals surface area contributed by atoms with Gasteiger partial charge in [0.1, 0.15) is 0 Å². The largest absolute Gasteiger partial charge is 0.321 e. The van der Waals surface area contributed by atoms with Crippen molar-refractivity contribution in [1.29, 1.82) is 0 Å². The maximum atomic E-state index is 10.1. The average Bonchev–Trinajstić information content (AvgIpc) is 1.86. The van der Waals surface area contributed by atoms with Gasteiger partial charge in [0.25, 0.3) is 5.91 Å². The summed E-state index contributed by atoms with van der Waals surface area (Å²) in [4.78, 5) is 10.1. The van der Waals surface area contributed by atoms with Crippen molar-refractivity contribution >= 4 is 5.91 Å². The molecule has 0 atom stereocenters. The second-order valence-electron chi connectivity index (χ2n) is 1.30. The Kier molecular flexibility index (Phi) is 0.759. The summed E-state index contributed by atoms with van der Waals surface area (Å²) < 4.78 is 0. The number of nitrogens with two attached hydrogens (primary N) is 1. The van der Waals surface area contributed by atoms with Crippen LogP contribution >= 0.6 is 0 Å². The van der Waals surface area contributed by atoms with Gasteiger partial charge in [-0.3, -0.25) is 4.79 Å². The maximum Gasteiger partial charge on any atom is 0.279 e. The molecule has 1 aliphatic rings.